The number of aromatic nitrogens is 2. The summed E-state index contributed by atoms with van der Waals surface area (Å²) in [4.78, 5) is 19.8. The van der Waals surface area contributed by atoms with Gasteiger partial charge in [-0.1, -0.05) is 58.1 Å². The molecule has 1 atom stereocenters. The molecule has 118 valence electrons. The highest BCUT2D eigenvalue weighted by molar-refractivity contribution is 6.29. The molecule has 1 aromatic heterocycles. The lowest BCUT2D eigenvalue weighted by Gasteiger charge is -2.21. The van der Waals surface area contributed by atoms with Gasteiger partial charge in [0.15, 0.2) is 5.69 Å². The fourth-order valence-electron chi connectivity index (χ4n) is 2.09. The van der Waals surface area contributed by atoms with Crippen molar-refractivity contribution >= 4 is 17.6 Å². The van der Waals surface area contributed by atoms with E-state index in [0.29, 0.717) is 5.92 Å². The minimum Gasteiger partial charge on any atom is -0.457 e. The van der Waals surface area contributed by atoms with E-state index in [4.69, 9.17) is 16.3 Å². The average Bonchev–Trinajstić information content (AvgIpc) is 2.46. The van der Waals surface area contributed by atoms with Crippen molar-refractivity contribution in [2.24, 2.45) is 5.92 Å². The van der Waals surface area contributed by atoms with Crippen molar-refractivity contribution in [3.8, 4) is 0 Å². The number of carbonyl (C=O) groups is 1. The van der Waals surface area contributed by atoms with Gasteiger partial charge in [-0.2, -0.15) is 0 Å². The third-order valence-electron chi connectivity index (χ3n) is 3.42. The molecule has 0 amide bonds. The summed E-state index contributed by atoms with van der Waals surface area (Å²) >= 11 is 5.66. The van der Waals surface area contributed by atoms with Crippen molar-refractivity contribution in [2.75, 3.05) is 0 Å². The van der Waals surface area contributed by atoms with Crippen molar-refractivity contribution in [3.63, 3.8) is 0 Å². The van der Waals surface area contributed by atoms with Gasteiger partial charge in [0, 0.05) is 0 Å². The van der Waals surface area contributed by atoms with E-state index in [1.165, 1.54) is 38.1 Å². The highest BCUT2D eigenvalue weighted by Crippen LogP contribution is 2.17. The Morgan fingerprint density at radius 1 is 1.19 bits per heavy atom. The van der Waals surface area contributed by atoms with Crippen LogP contribution in [0.15, 0.2) is 12.4 Å². The summed E-state index contributed by atoms with van der Waals surface area (Å²) in [7, 11) is 0. The molecule has 21 heavy (non-hydrogen) atoms. The Bertz CT molecular complexity index is 421. The molecule has 0 aliphatic heterocycles. The van der Waals surface area contributed by atoms with E-state index in [1.807, 2.05) is 0 Å². The topological polar surface area (TPSA) is 52.1 Å². The molecule has 4 nitrogen and oxygen atoms in total. The Morgan fingerprint density at radius 2 is 1.90 bits per heavy atom. The first-order valence-corrected chi connectivity index (χ1v) is 8.11. The predicted molar refractivity (Wildman–Crippen MR) is 84.5 cm³/mol. The molecule has 0 radical (unpaired) electrons. The summed E-state index contributed by atoms with van der Waals surface area (Å²) in [6.45, 7) is 6.33. The third kappa shape index (κ3) is 6.89. The van der Waals surface area contributed by atoms with Gasteiger partial charge in [-0.3, -0.25) is 0 Å². The number of carbonyl (C=O) groups excluding carboxylic acids is 1. The summed E-state index contributed by atoms with van der Waals surface area (Å²) in [5.41, 5.74) is 0.205. The van der Waals surface area contributed by atoms with Crippen LogP contribution >= 0.6 is 11.6 Å². The van der Waals surface area contributed by atoms with Gasteiger partial charge in [0.25, 0.3) is 0 Å². The van der Waals surface area contributed by atoms with Gasteiger partial charge in [0.1, 0.15) is 11.3 Å². The number of unbranched alkanes of at least 4 members (excludes halogenated alkanes) is 4. The largest absolute Gasteiger partial charge is 0.457 e. The Kier molecular flexibility index (Phi) is 8.28. The molecular formula is C16H25ClN2O2. The first-order valence-electron chi connectivity index (χ1n) is 7.73. The second-order valence-corrected chi connectivity index (χ2v) is 6.00. The fourth-order valence-corrected chi connectivity index (χ4v) is 2.19. The van der Waals surface area contributed by atoms with E-state index < -0.39 is 5.97 Å². The standard InChI is InChI=1S/C16H25ClN2O2/c1-4-5-6-7-8-9-14(12(2)3)21-16(20)13-10-19-15(17)11-18-13/h10-12,14H,4-9H2,1-3H3. The molecule has 1 heterocycles. The van der Waals surface area contributed by atoms with Crippen molar-refractivity contribution < 1.29 is 9.53 Å². The number of halogens is 1. The maximum Gasteiger partial charge on any atom is 0.358 e. The van der Waals surface area contributed by atoms with E-state index in [9.17, 15) is 4.79 Å². The Hall–Kier alpha value is -1.16. The Morgan fingerprint density at radius 3 is 2.48 bits per heavy atom. The summed E-state index contributed by atoms with van der Waals surface area (Å²) in [6, 6.07) is 0. The van der Waals surface area contributed by atoms with Crippen LogP contribution in [0, 0.1) is 5.92 Å². The highest BCUT2D eigenvalue weighted by atomic mass is 35.5. The maximum absolute atomic E-state index is 12.0. The lowest BCUT2D eigenvalue weighted by molar-refractivity contribution is 0.0144. The minimum absolute atomic E-state index is 0.0726. The van der Waals surface area contributed by atoms with Gasteiger partial charge >= 0.3 is 5.97 Å². The molecule has 1 aromatic rings. The molecule has 0 fully saturated rings. The fraction of sp³-hybridized carbons (Fsp3) is 0.688. The van der Waals surface area contributed by atoms with E-state index in [0.717, 1.165) is 12.8 Å². The van der Waals surface area contributed by atoms with Crippen LogP contribution < -0.4 is 0 Å². The molecule has 0 bridgehead atoms. The lowest BCUT2D eigenvalue weighted by Crippen LogP contribution is -2.24. The van der Waals surface area contributed by atoms with Crippen LogP contribution in [0.2, 0.25) is 5.15 Å². The van der Waals surface area contributed by atoms with Gasteiger partial charge in [0.05, 0.1) is 12.4 Å². The van der Waals surface area contributed by atoms with Crippen molar-refractivity contribution in [1.29, 1.82) is 0 Å². The van der Waals surface area contributed by atoms with Crippen molar-refractivity contribution in [2.45, 2.75) is 65.4 Å². The first kappa shape index (κ1) is 17.9. The number of ether oxygens (including phenoxy) is 1. The quantitative estimate of drug-likeness (QED) is 0.491. The van der Waals surface area contributed by atoms with Crippen molar-refractivity contribution in [3.05, 3.63) is 23.2 Å². The number of hydrogen-bond acceptors (Lipinski definition) is 4. The van der Waals surface area contributed by atoms with E-state index in [1.54, 1.807) is 0 Å². The normalized spacial score (nSPS) is 12.4. The maximum atomic E-state index is 12.0. The molecule has 0 aromatic carbocycles. The van der Waals surface area contributed by atoms with Crippen LogP contribution in [-0.2, 0) is 4.74 Å². The number of nitrogens with zero attached hydrogens (tertiary/aromatic N) is 2. The zero-order valence-corrected chi connectivity index (χ0v) is 13.9. The molecule has 0 saturated heterocycles. The van der Waals surface area contributed by atoms with Crippen LogP contribution in [0.5, 0.6) is 0 Å². The predicted octanol–water partition coefficient (Wildman–Crippen LogP) is 4.67. The summed E-state index contributed by atoms with van der Waals surface area (Å²) in [5.74, 6) is -0.133. The monoisotopic (exact) mass is 312 g/mol. The van der Waals surface area contributed by atoms with Crippen LogP contribution in [0.4, 0.5) is 0 Å². The minimum atomic E-state index is -0.425. The molecule has 0 aliphatic carbocycles. The lowest BCUT2D eigenvalue weighted by atomic mass is 10.00. The first-order chi connectivity index (χ1) is 10.0. The van der Waals surface area contributed by atoms with Crippen LogP contribution in [-0.4, -0.2) is 22.0 Å². The number of hydrogen-bond donors (Lipinski definition) is 0. The molecule has 0 aliphatic rings. The molecular weight excluding hydrogens is 288 g/mol. The SMILES string of the molecule is CCCCCCCC(OC(=O)c1cnc(Cl)cn1)C(C)C. The highest BCUT2D eigenvalue weighted by Gasteiger charge is 2.20. The van der Waals surface area contributed by atoms with Gasteiger partial charge < -0.3 is 4.74 Å². The molecule has 0 saturated carbocycles. The van der Waals surface area contributed by atoms with E-state index in [-0.39, 0.29) is 17.0 Å². The second-order valence-electron chi connectivity index (χ2n) is 5.62. The van der Waals surface area contributed by atoms with Crippen LogP contribution in [0.25, 0.3) is 0 Å². The smallest absolute Gasteiger partial charge is 0.358 e. The number of rotatable bonds is 9. The van der Waals surface area contributed by atoms with E-state index in [2.05, 4.69) is 30.7 Å². The third-order valence-corrected chi connectivity index (χ3v) is 3.62. The zero-order chi connectivity index (χ0) is 15.7. The Labute approximate surface area is 132 Å². The summed E-state index contributed by atoms with van der Waals surface area (Å²) in [6.07, 6.45) is 9.56. The Balaban J connectivity index is 2.46. The summed E-state index contributed by atoms with van der Waals surface area (Å²) in [5, 5.41) is 0.267. The molecule has 0 N–H and O–H groups in total. The molecule has 5 heteroatoms. The van der Waals surface area contributed by atoms with E-state index >= 15 is 0 Å². The zero-order valence-electron chi connectivity index (χ0n) is 13.1. The molecule has 0 spiro atoms. The average molecular weight is 313 g/mol. The van der Waals surface area contributed by atoms with Crippen molar-refractivity contribution in [1.82, 2.24) is 9.97 Å². The summed E-state index contributed by atoms with van der Waals surface area (Å²) < 4.78 is 5.56. The van der Waals surface area contributed by atoms with Gasteiger partial charge in [-0.05, 0) is 18.8 Å². The molecule has 1 rings (SSSR count). The van der Waals surface area contributed by atoms with Crippen LogP contribution in [0.1, 0.15) is 69.8 Å². The molecule has 1 unspecified atom stereocenters. The van der Waals surface area contributed by atoms with Gasteiger partial charge in [0.2, 0.25) is 0 Å². The van der Waals surface area contributed by atoms with Gasteiger partial charge in [-0.15, -0.1) is 0 Å². The van der Waals surface area contributed by atoms with Gasteiger partial charge in [-0.25, -0.2) is 14.8 Å². The van der Waals surface area contributed by atoms with Crippen LogP contribution in [0.3, 0.4) is 0 Å². The number of esters is 1. The second kappa shape index (κ2) is 9.72.